The molecule has 2 aromatic rings. The van der Waals surface area contributed by atoms with Gasteiger partial charge < -0.3 is 5.73 Å². The van der Waals surface area contributed by atoms with E-state index in [1.807, 2.05) is 30.3 Å². The van der Waals surface area contributed by atoms with Gasteiger partial charge in [0, 0.05) is 23.5 Å². The summed E-state index contributed by atoms with van der Waals surface area (Å²) >= 11 is 3.33. The van der Waals surface area contributed by atoms with Gasteiger partial charge in [-0.05, 0) is 42.3 Å². The lowest BCUT2D eigenvalue weighted by atomic mass is 9.89. The van der Waals surface area contributed by atoms with Crippen LogP contribution in [-0.4, -0.2) is 32.4 Å². The van der Waals surface area contributed by atoms with E-state index in [1.165, 1.54) is 0 Å². The minimum atomic E-state index is -3.48. The lowest BCUT2D eigenvalue weighted by molar-refractivity contribution is 0.459. The molecule has 0 aliphatic carbocycles. The van der Waals surface area contributed by atoms with E-state index in [0.29, 0.717) is 24.5 Å². The van der Waals surface area contributed by atoms with Gasteiger partial charge in [0.1, 0.15) is 0 Å². The Morgan fingerprint density at radius 3 is 2.25 bits per heavy atom. The molecule has 2 aromatic carbocycles. The highest BCUT2D eigenvalue weighted by Crippen LogP contribution is 2.35. The summed E-state index contributed by atoms with van der Waals surface area (Å²) in [7, 11) is -3.48. The summed E-state index contributed by atoms with van der Waals surface area (Å²) < 4.78 is 28.1. The fraction of sp³-hybridized carbons (Fsp3) is 0.294. The largest absolute Gasteiger partial charge is 0.330 e. The normalized spacial score (nSPS) is 21.4. The zero-order chi connectivity index (χ0) is 16.4. The Kier molecular flexibility index (Phi) is 6.45. The van der Waals surface area contributed by atoms with E-state index < -0.39 is 10.0 Å². The molecular formula is C17H20BrClN2O2S. The molecule has 130 valence electrons. The van der Waals surface area contributed by atoms with Gasteiger partial charge in [-0.15, -0.1) is 12.4 Å². The Morgan fingerprint density at radius 2 is 1.67 bits per heavy atom. The lowest BCUT2D eigenvalue weighted by Crippen LogP contribution is -2.30. The molecule has 0 radical (unpaired) electrons. The van der Waals surface area contributed by atoms with Gasteiger partial charge in [-0.3, -0.25) is 0 Å². The summed E-state index contributed by atoms with van der Waals surface area (Å²) in [6, 6.07) is 16.8. The van der Waals surface area contributed by atoms with Crippen LogP contribution < -0.4 is 5.73 Å². The van der Waals surface area contributed by atoms with E-state index in [1.54, 1.807) is 28.6 Å². The van der Waals surface area contributed by atoms with Gasteiger partial charge in [-0.25, -0.2) is 8.42 Å². The lowest BCUT2D eigenvalue weighted by Gasteiger charge is -2.17. The summed E-state index contributed by atoms with van der Waals surface area (Å²) in [4.78, 5) is 0.324. The van der Waals surface area contributed by atoms with Crippen molar-refractivity contribution in [1.29, 1.82) is 0 Å². The van der Waals surface area contributed by atoms with E-state index >= 15 is 0 Å². The zero-order valence-electron chi connectivity index (χ0n) is 13.0. The predicted molar refractivity (Wildman–Crippen MR) is 102 cm³/mol. The van der Waals surface area contributed by atoms with Crippen LogP contribution in [0.25, 0.3) is 0 Å². The van der Waals surface area contributed by atoms with Crippen LogP contribution in [0.1, 0.15) is 11.5 Å². The Balaban J connectivity index is 0.00000208. The number of nitrogens with zero attached hydrogens (tertiary/aromatic N) is 1. The van der Waals surface area contributed by atoms with Crippen LogP contribution in [0.4, 0.5) is 0 Å². The maximum Gasteiger partial charge on any atom is 0.243 e. The van der Waals surface area contributed by atoms with Crippen LogP contribution in [0.2, 0.25) is 0 Å². The Hall–Kier alpha value is -0.920. The van der Waals surface area contributed by atoms with Crippen LogP contribution in [0.3, 0.4) is 0 Å². The number of benzene rings is 2. The Labute approximate surface area is 157 Å². The SMILES string of the molecule is Cl.NC[C@@H]1CN(S(=O)(=O)c2ccc(Br)cc2)C[C@H]1c1ccccc1. The molecule has 24 heavy (non-hydrogen) atoms. The van der Waals surface area contributed by atoms with Crippen LogP contribution >= 0.6 is 28.3 Å². The number of nitrogens with two attached hydrogens (primary N) is 1. The molecule has 1 aliphatic heterocycles. The second-order valence-electron chi connectivity index (χ2n) is 5.79. The van der Waals surface area contributed by atoms with E-state index in [2.05, 4.69) is 15.9 Å². The van der Waals surface area contributed by atoms with Crippen molar-refractivity contribution in [2.45, 2.75) is 10.8 Å². The van der Waals surface area contributed by atoms with Crippen LogP contribution in [0.15, 0.2) is 64.0 Å². The van der Waals surface area contributed by atoms with Gasteiger partial charge in [-0.1, -0.05) is 46.3 Å². The quantitative estimate of drug-likeness (QED) is 0.808. The highest BCUT2D eigenvalue weighted by molar-refractivity contribution is 9.10. The topological polar surface area (TPSA) is 63.4 Å². The minimum Gasteiger partial charge on any atom is -0.330 e. The summed E-state index contributed by atoms with van der Waals surface area (Å²) in [6.45, 7) is 1.42. The molecule has 1 heterocycles. The van der Waals surface area contributed by atoms with Gasteiger partial charge >= 0.3 is 0 Å². The third kappa shape index (κ3) is 3.83. The molecule has 4 nitrogen and oxygen atoms in total. The molecule has 0 aromatic heterocycles. The molecule has 1 fully saturated rings. The van der Waals surface area contributed by atoms with Crippen LogP contribution in [0.5, 0.6) is 0 Å². The van der Waals surface area contributed by atoms with Crippen molar-refractivity contribution in [3.05, 3.63) is 64.6 Å². The molecule has 0 amide bonds. The van der Waals surface area contributed by atoms with Gasteiger partial charge in [0.05, 0.1) is 4.90 Å². The Morgan fingerprint density at radius 1 is 1.04 bits per heavy atom. The smallest absolute Gasteiger partial charge is 0.243 e. The Bertz CT molecular complexity index is 769. The molecule has 7 heteroatoms. The van der Waals surface area contributed by atoms with Crippen molar-refractivity contribution < 1.29 is 8.42 Å². The predicted octanol–water partition coefficient (Wildman–Crippen LogP) is 3.23. The van der Waals surface area contributed by atoms with Gasteiger partial charge in [-0.2, -0.15) is 4.31 Å². The first-order chi connectivity index (χ1) is 11.0. The number of sulfonamides is 1. The second-order valence-corrected chi connectivity index (χ2v) is 8.64. The van der Waals surface area contributed by atoms with E-state index in [-0.39, 0.29) is 24.2 Å². The van der Waals surface area contributed by atoms with Crippen molar-refractivity contribution in [3.8, 4) is 0 Å². The van der Waals surface area contributed by atoms with Crippen molar-refractivity contribution in [3.63, 3.8) is 0 Å². The highest BCUT2D eigenvalue weighted by atomic mass is 79.9. The molecule has 0 saturated carbocycles. The minimum absolute atomic E-state index is 0. The third-order valence-electron chi connectivity index (χ3n) is 4.39. The average molecular weight is 432 g/mol. The number of hydrogen-bond donors (Lipinski definition) is 1. The van der Waals surface area contributed by atoms with Crippen molar-refractivity contribution in [2.75, 3.05) is 19.6 Å². The van der Waals surface area contributed by atoms with Crippen molar-refractivity contribution in [2.24, 2.45) is 11.7 Å². The molecule has 0 unspecified atom stereocenters. The summed E-state index contributed by atoms with van der Waals surface area (Å²) in [5.41, 5.74) is 7.05. The zero-order valence-corrected chi connectivity index (χ0v) is 16.2. The van der Waals surface area contributed by atoms with Gasteiger partial charge in [0.25, 0.3) is 0 Å². The molecule has 3 rings (SSSR count). The number of rotatable bonds is 4. The van der Waals surface area contributed by atoms with Crippen molar-refractivity contribution >= 4 is 38.4 Å². The maximum atomic E-state index is 12.9. The highest BCUT2D eigenvalue weighted by Gasteiger charge is 2.39. The first-order valence-electron chi connectivity index (χ1n) is 7.53. The van der Waals surface area contributed by atoms with Gasteiger partial charge in [0.2, 0.25) is 10.0 Å². The maximum absolute atomic E-state index is 12.9. The first-order valence-corrected chi connectivity index (χ1v) is 9.76. The molecule has 2 atom stereocenters. The van der Waals surface area contributed by atoms with Crippen LogP contribution in [0, 0.1) is 5.92 Å². The average Bonchev–Trinajstić information content (AvgIpc) is 3.01. The van der Waals surface area contributed by atoms with E-state index in [9.17, 15) is 8.42 Å². The number of halogens is 2. The van der Waals surface area contributed by atoms with Crippen LogP contribution in [-0.2, 0) is 10.0 Å². The molecular weight excluding hydrogens is 412 g/mol. The molecule has 1 aliphatic rings. The molecule has 0 spiro atoms. The fourth-order valence-corrected chi connectivity index (χ4v) is 4.89. The monoisotopic (exact) mass is 430 g/mol. The molecule has 2 N–H and O–H groups in total. The standard InChI is InChI=1S/C17H19BrN2O2S.ClH/c18-15-6-8-16(9-7-15)23(21,22)20-11-14(10-19)17(12-20)13-4-2-1-3-5-13;/h1-9,14,17H,10-12,19H2;1H/t14-,17+;/m1./s1. The summed E-state index contributed by atoms with van der Waals surface area (Å²) in [5, 5.41) is 0. The summed E-state index contributed by atoms with van der Waals surface area (Å²) in [6.07, 6.45) is 0. The second kappa shape index (κ2) is 7.97. The molecule has 1 saturated heterocycles. The fourth-order valence-electron chi connectivity index (χ4n) is 3.10. The molecule has 0 bridgehead atoms. The van der Waals surface area contributed by atoms with Gasteiger partial charge in [0.15, 0.2) is 0 Å². The third-order valence-corrected chi connectivity index (χ3v) is 6.76. The van der Waals surface area contributed by atoms with E-state index in [0.717, 1.165) is 10.0 Å². The summed E-state index contributed by atoms with van der Waals surface area (Å²) in [5.74, 6) is 0.286. The number of hydrogen-bond acceptors (Lipinski definition) is 3. The van der Waals surface area contributed by atoms with Crippen molar-refractivity contribution in [1.82, 2.24) is 4.31 Å². The van der Waals surface area contributed by atoms with E-state index in [4.69, 9.17) is 5.73 Å². The first kappa shape index (κ1) is 19.4.